The Balaban J connectivity index is 1.39. The molecule has 3 aromatic rings. The standard InChI is InChI=1S/C29H30N2O4/c1-22-26(20-29(32)33)10-7-11-28(22)34-18-19-35-30-27(21-31-16-5-6-17-31)25-14-12-24(13-15-25)23-8-3-2-4-9-23/h2-15H,16-21H2,1H3,(H,32,33)/b30-27+. The fraction of sp³-hybridized carbons (Fsp3) is 0.241. The smallest absolute Gasteiger partial charge is 0.307 e. The normalized spacial score (nSPS) is 13.7. The van der Waals surface area contributed by atoms with Crippen molar-refractivity contribution in [2.24, 2.45) is 5.16 Å². The zero-order valence-corrected chi connectivity index (χ0v) is 19.9. The summed E-state index contributed by atoms with van der Waals surface area (Å²) in [5.74, 6) is -0.198. The minimum atomic E-state index is -0.861. The van der Waals surface area contributed by atoms with Crippen molar-refractivity contribution < 1.29 is 19.5 Å². The van der Waals surface area contributed by atoms with Gasteiger partial charge in [0.15, 0.2) is 6.61 Å². The number of carbonyl (C=O) groups is 1. The van der Waals surface area contributed by atoms with E-state index in [9.17, 15) is 4.79 Å². The lowest BCUT2D eigenvalue weighted by atomic mass is 10.0. The fourth-order valence-corrected chi connectivity index (χ4v) is 4.00. The molecule has 0 saturated carbocycles. The molecule has 0 aliphatic carbocycles. The van der Waals surface area contributed by atoms with Crippen LogP contribution in [0.4, 0.5) is 0 Å². The van der Waals surface area contributed by atoms with E-state index in [1.165, 1.54) is 5.56 Å². The Morgan fingerprint density at radius 2 is 1.63 bits per heavy atom. The summed E-state index contributed by atoms with van der Waals surface area (Å²) in [6.45, 7) is 4.95. The van der Waals surface area contributed by atoms with Crippen molar-refractivity contribution in [2.75, 3.05) is 32.8 Å². The molecule has 6 nitrogen and oxygen atoms in total. The van der Waals surface area contributed by atoms with Crippen molar-refractivity contribution in [3.63, 3.8) is 0 Å². The van der Waals surface area contributed by atoms with Crippen molar-refractivity contribution >= 4 is 11.7 Å². The van der Waals surface area contributed by atoms with Gasteiger partial charge in [-0.2, -0.15) is 0 Å². The number of hydrogen-bond donors (Lipinski definition) is 1. The number of ether oxygens (including phenoxy) is 1. The third kappa shape index (κ3) is 6.80. The van der Waals surface area contributed by atoms with E-state index < -0.39 is 5.97 Å². The topological polar surface area (TPSA) is 71.4 Å². The molecule has 0 unspecified atom stereocenters. The number of benzene rings is 3. The van der Waals surface area contributed by atoms with Gasteiger partial charge in [0.05, 0.1) is 6.42 Å². The quantitative estimate of drug-likeness (QED) is 0.186. The first-order valence-corrected chi connectivity index (χ1v) is 11.8. The second kappa shape index (κ2) is 12.0. The van der Waals surface area contributed by atoms with Crippen LogP contribution in [0.1, 0.15) is 16.7 Å². The summed E-state index contributed by atoms with van der Waals surface area (Å²) in [5.41, 5.74) is 5.81. The van der Waals surface area contributed by atoms with Crippen LogP contribution >= 0.6 is 0 Å². The Morgan fingerprint density at radius 3 is 2.34 bits per heavy atom. The SMILES string of the molecule is Cc1c(CC(=O)O)cccc1OCCO/N=C(\CN1CC=CC1)c1ccc(-c2ccccc2)cc1. The molecule has 0 amide bonds. The summed E-state index contributed by atoms with van der Waals surface area (Å²) < 4.78 is 5.84. The highest BCUT2D eigenvalue weighted by atomic mass is 16.6. The Kier molecular flexibility index (Phi) is 8.30. The van der Waals surface area contributed by atoms with Crippen molar-refractivity contribution in [3.05, 3.63) is 102 Å². The van der Waals surface area contributed by atoms with E-state index >= 15 is 0 Å². The van der Waals surface area contributed by atoms with Crippen molar-refractivity contribution in [1.29, 1.82) is 0 Å². The van der Waals surface area contributed by atoms with Crippen LogP contribution in [-0.4, -0.2) is 54.5 Å². The van der Waals surface area contributed by atoms with Gasteiger partial charge in [-0.1, -0.05) is 84.0 Å². The Morgan fingerprint density at radius 1 is 0.914 bits per heavy atom. The van der Waals surface area contributed by atoms with Gasteiger partial charge in [-0.3, -0.25) is 9.69 Å². The second-order valence-electron chi connectivity index (χ2n) is 8.44. The lowest BCUT2D eigenvalue weighted by molar-refractivity contribution is -0.136. The zero-order chi connectivity index (χ0) is 24.5. The molecule has 0 aromatic heterocycles. The van der Waals surface area contributed by atoms with E-state index in [0.29, 0.717) is 18.9 Å². The molecule has 180 valence electrons. The van der Waals surface area contributed by atoms with Crippen LogP contribution in [0.25, 0.3) is 11.1 Å². The monoisotopic (exact) mass is 470 g/mol. The molecule has 0 fully saturated rings. The summed E-state index contributed by atoms with van der Waals surface area (Å²) >= 11 is 0. The predicted octanol–water partition coefficient (Wildman–Crippen LogP) is 4.96. The fourth-order valence-electron chi connectivity index (χ4n) is 4.00. The molecule has 4 rings (SSSR count). The minimum absolute atomic E-state index is 0.0262. The van der Waals surface area contributed by atoms with Crippen LogP contribution in [0.3, 0.4) is 0 Å². The number of nitrogens with zero attached hydrogens (tertiary/aromatic N) is 2. The average Bonchev–Trinajstić information content (AvgIpc) is 3.39. The highest BCUT2D eigenvalue weighted by Crippen LogP contribution is 2.22. The van der Waals surface area contributed by atoms with Crippen LogP contribution in [0.2, 0.25) is 0 Å². The minimum Gasteiger partial charge on any atom is -0.490 e. The maximum absolute atomic E-state index is 11.0. The van der Waals surface area contributed by atoms with Gasteiger partial charge in [0.1, 0.15) is 18.1 Å². The average molecular weight is 471 g/mol. The maximum Gasteiger partial charge on any atom is 0.307 e. The van der Waals surface area contributed by atoms with Gasteiger partial charge < -0.3 is 14.7 Å². The molecular formula is C29H30N2O4. The number of carboxylic acids is 1. The highest BCUT2D eigenvalue weighted by molar-refractivity contribution is 6.02. The van der Waals surface area contributed by atoms with Crippen LogP contribution < -0.4 is 4.74 Å². The molecule has 0 atom stereocenters. The molecule has 0 bridgehead atoms. The predicted molar refractivity (Wildman–Crippen MR) is 138 cm³/mol. The Hall–Kier alpha value is -3.90. The van der Waals surface area contributed by atoms with Gasteiger partial charge in [0.25, 0.3) is 0 Å². The van der Waals surface area contributed by atoms with E-state index in [2.05, 4.69) is 58.6 Å². The van der Waals surface area contributed by atoms with Gasteiger partial charge in [0.2, 0.25) is 0 Å². The third-order valence-corrected chi connectivity index (χ3v) is 5.94. The number of hydrogen-bond acceptors (Lipinski definition) is 5. The Labute approximate surface area is 206 Å². The molecule has 1 heterocycles. The summed E-state index contributed by atoms with van der Waals surface area (Å²) in [4.78, 5) is 19.0. The first-order chi connectivity index (χ1) is 17.1. The van der Waals surface area contributed by atoms with Gasteiger partial charge >= 0.3 is 5.97 Å². The zero-order valence-electron chi connectivity index (χ0n) is 19.9. The van der Waals surface area contributed by atoms with E-state index in [1.807, 2.05) is 31.2 Å². The summed E-state index contributed by atoms with van der Waals surface area (Å²) in [6.07, 6.45) is 4.29. The third-order valence-electron chi connectivity index (χ3n) is 5.94. The number of aliphatic carboxylic acids is 1. The lowest BCUT2D eigenvalue weighted by Crippen LogP contribution is -2.28. The van der Waals surface area contributed by atoms with E-state index in [1.54, 1.807) is 12.1 Å². The second-order valence-corrected chi connectivity index (χ2v) is 8.44. The van der Waals surface area contributed by atoms with E-state index in [-0.39, 0.29) is 13.0 Å². The van der Waals surface area contributed by atoms with Crippen LogP contribution in [-0.2, 0) is 16.1 Å². The molecule has 0 saturated heterocycles. The van der Waals surface area contributed by atoms with E-state index in [0.717, 1.165) is 41.1 Å². The molecule has 35 heavy (non-hydrogen) atoms. The summed E-state index contributed by atoms with van der Waals surface area (Å²) in [5, 5.41) is 13.5. The molecule has 1 aliphatic heterocycles. The van der Waals surface area contributed by atoms with Gasteiger partial charge in [0, 0.05) is 25.2 Å². The Bertz CT molecular complexity index is 1180. The molecule has 0 radical (unpaired) electrons. The number of oxime groups is 1. The molecule has 1 N–H and O–H groups in total. The van der Waals surface area contributed by atoms with Gasteiger partial charge in [-0.25, -0.2) is 0 Å². The molecule has 3 aromatic carbocycles. The van der Waals surface area contributed by atoms with Crippen molar-refractivity contribution in [1.82, 2.24) is 4.90 Å². The van der Waals surface area contributed by atoms with Crippen molar-refractivity contribution in [2.45, 2.75) is 13.3 Å². The molecule has 6 heteroatoms. The van der Waals surface area contributed by atoms with Crippen molar-refractivity contribution in [3.8, 4) is 16.9 Å². The van der Waals surface area contributed by atoms with Crippen LogP contribution in [0.15, 0.2) is 90.1 Å². The number of rotatable bonds is 11. The largest absolute Gasteiger partial charge is 0.490 e. The molecular weight excluding hydrogens is 440 g/mol. The highest BCUT2D eigenvalue weighted by Gasteiger charge is 2.13. The van der Waals surface area contributed by atoms with Crippen LogP contribution in [0.5, 0.6) is 5.75 Å². The first kappa shape index (κ1) is 24.2. The number of carboxylic acid groups (broad SMARTS) is 1. The van der Waals surface area contributed by atoms with E-state index in [4.69, 9.17) is 14.7 Å². The summed E-state index contributed by atoms with van der Waals surface area (Å²) in [6, 6.07) is 24.1. The lowest BCUT2D eigenvalue weighted by Gasteiger charge is -2.17. The van der Waals surface area contributed by atoms with Gasteiger partial charge in [-0.15, -0.1) is 0 Å². The molecule has 1 aliphatic rings. The van der Waals surface area contributed by atoms with Crippen LogP contribution in [0, 0.1) is 6.92 Å². The maximum atomic E-state index is 11.0. The molecule has 0 spiro atoms. The van der Waals surface area contributed by atoms with Gasteiger partial charge in [-0.05, 0) is 35.2 Å². The first-order valence-electron chi connectivity index (χ1n) is 11.8. The summed E-state index contributed by atoms with van der Waals surface area (Å²) in [7, 11) is 0.